The number of imidazole rings is 1. The Hall–Kier alpha value is -1.57. The van der Waals surface area contributed by atoms with E-state index >= 15 is 0 Å². The normalized spacial score (nSPS) is 11.3. The van der Waals surface area contributed by atoms with Crippen molar-refractivity contribution in [3.63, 3.8) is 0 Å². The van der Waals surface area contributed by atoms with E-state index in [4.69, 9.17) is 0 Å². The van der Waals surface area contributed by atoms with E-state index in [1.54, 1.807) is 0 Å². The molecule has 24 heavy (non-hydrogen) atoms. The molecule has 2 rings (SSSR count). The van der Waals surface area contributed by atoms with E-state index in [1.165, 1.54) is 0 Å². The number of aliphatic imine (C=N–C) groups is 1. The fourth-order valence-electron chi connectivity index (χ4n) is 2.36. The third-order valence-corrected chi connectivity index (χ3v) is 3.68. The van der Waals surface area contributed by atoms with Gasteiger partial charge in [0.25, 0.3) is 0 Å². The quantitative estimate of drug-likeness (QED) is 0.408. The Morgan fingerprint density at radius 2 is 2.00 bits per heavy atom. The van der Waals surface area contributed by atoms with Gasteiger partial charge in [-0.25, -0.2) is 4.98 Å². The molecule has 0 spiro atoms. The van der Waals surface area contributed by atoms with E-state index in [2.05, 4.69) is 51.2 Å². The van der Waals surface area contributed by atoms with Gasteiger partial charge in [0.2, 0.25) is 0 Å². The van der Waals surface area contributed by atoms with Crippen molar-refractivity contribution in [3.8, 4) is 11.3 Å². The number of guanidine groups is 1. The zero-order valence-electron chi connectivity index (χ0n) is 14.9. The SMILES string of the molecule is CN=C(NCCC(C)C)N(C)Cc1ncc(-c2ccccc2)[nH]1.I. The minimum atomic E-state index is 0. The van der Waals surface area contributed by atoms with Crippen LogP contribution in [0.4, 0.5) is 0 Å². The lowest BCUT2D eigenvalue weighted by Gasteiger charge is -2.21. The van der Waals surface area contributed by atoms with Gasteiger partial charge in [-0.2, -0.15) is 0 Å². The predicted molar refractivity (Wildman–Crippen MR) is 112 cm³/mol. The highest BCUT2D eigenvalue weighted by atomic mass is 127. The average Bonchev–Trinajstić information content (AvgIpc) is 3.00. The molecular formula is C18H28IN5. The zero-order valence-corrected chi connectivity index (χ0v) is 17.2. The molecule has 0 bridgehead atoms. The molecule has 132 valence electrons. The van der Waals surface area contributed by atoms with Gasteiger partial charge in [-0.3, -0.25) is 4.99 Å². The highest BCUT2D eigenvalue weighted by Gasteiger charge is 2.09. The minimum Gasteiger partial charge on any atom is -0.356 e. The Labute approximate surface area is 162 Å². The molecule has 0 saturated heterocycles. The van der Waals surface area contributed by atoms with Gasteiger partial charge < -0.3 is 15.2 Å². The Morgan fingerprint density at radius 3 is 2.62 bits per heavy atom. The summed E-state index contributed by atoms with van der Waals surface area (Å²) in [5.74, 6) is 2.51. The number of H-pyrrole nitrogens is 1. The molecule has 0 amide bonds. The highest BCUT2D eigenvalue weighted by Crippen LogP contribution is 2.16. The Bertz CT molecular complexity index is 621. The van der Waals surface area contributed by atoms with Crippen molar-refractivity contribution in [1.82, 2.24) is 20.2 Å². The Balaban J connectivity index is 0.00000288. The molecule has 0 aliphatic heterocycles. The van der Waals surface area contributed by atoms with Crippen LogP contribution in [0.2, 0.25) is 0 Å². The van der Waals surface area contributed by atoms with Gasteiger partial charge in [0.1, 0.15) is 5.82 Å². The highest BCUT2D eigenvalue weighted by molar-refractivity contribution is 14.0. The van der Waals surface area contributed by atoms with Gasteiger partial charge in [-0.05, 0) is 17.9 Å². The number of halogens is 1. The van der Waals surface area contributed by atoms with E-state index in [1.807, 2.05) is 38.5 Å². The van der Waals surface area contributed by atoms with Crippen LogP contribution in [0.3, 0.4) is 0 Å². The number of rotatable bonds is 6. The number of benzene rings is 1. The van der Waals surface area contributed by atoms with Gasteiger partial charge >= 0.3 is 0 Å². The van der Waals surface area contributed by atoms with Crippen molar-refractivity contribution >= 4 is 29.9 Å². The van der Waals surface area contributed by atoms with Crippen molar-refractivity contribution in [2.75, 3.05) is 20.6 Å². The molecule has 0 saturated carbocycles. The van der Waals surface area contributed by atoms with Crippen LogP contribution in [0.25, 0.3) is 11.3 Å². The summed E-state index contributed by atoms with van der Waals surface area (Å²) in [7, 11) is 3.83. The topological polar surface area (TPSA) is 56.3 Å². The van der Waals surface area contributed by atoms with E-state index < -0.39 is 0 Å². The molecule has 1 heterocycles. The van der Waals surface area contributed by atoms with Crippen molar-refractivity contribution in [1.29, 1.82) is 0 Å². The van der Waals surface area contributed by atoms with Crippen molar-refractivity contribution in [3.05, 3.63) is 42.4 Å². The molecule has 0 aliphatic rings. The second kappa shape index (κ2) is 10.3. The van der Waals surface area contributed by atoms with E-state index in [0.29, 0.717) is 12.5 Å². The molecule has 2 N–H and O–H groups in total. The summed E-state index contributed by atoms with van der Waals surface area (Å²) in [6.07, 6.45) is 3.01. The minimum absolute atomic E-state index is 0. The molecule has 0 atom stereocenters. The number of aromatic nitrogens is 2. The number of aromatic amines is 1. The third kappa shape index (κ3) is 6.14. The molecule has 0 aliphatic carbocycles. The lowest BCUT2D eigenvalue weighted by molar-refractivity contribution is 0.458. The monoisotopic (exact) mass is 441 g/mol. The van der Waals surface area contributed by atoms with Crippen molar-refractivity contribution in [2.24, 2.45) is 10.9 Å². The molecule has 0 unspecified atom stereocenters. The maximum Gasteiger partial charge on any atom is 0.193 e. The average molecular weight is 441 g/mol. The zero-order chi connectivity index (χ0) is 16.7. The maximum absolute atomic E-state index is 4.48. The number of hydrogen-bond acceptors (Lipinski definition) is 2. The molecule has 5 nitrogen and oxygen atoms in total. The fourth-order valence-corrected chi connectivity index (χ4v) is 2.36. The summed E-state index contributed by atoms with van der Waals surface area (Å²) in [6, 6.07) is 10.2. The van der Waals surface area contributed by atoms with Crippen molar-refractivity contribution < 1.29 is 0 Å². The van der Waals surface area contributed by atoms with Gasteiger partial charge in [0, 0.05) is 20.6 Å². The molecule has 6 heteroatoms. The first-order chi connectivity index (χ1) is 11.1. The number of hydrogen-bond donors (Lipinski definition) is 2. The fraction of sp³-hybridized carbons (Fsp3) is 0.444. The van der Waals surface area contributed by atoms with E-state index in [0.717, 1.165) is 36.0 Å². The first-order valence-corrected chi connectivity index (χ1v) is 8.11. The van der Waals surface area contributed by atoms with Crippen LogP contribution in [-0.4, -0.2) is 41.5 Å². The molecule has 1 aromatic heterocycles. The first kappa shape index (κ1) is 20.5. The maximum atomic E-state index is 4.48. The second-order valence-corrected chi connectivity index (χ2v) is 6.12. The van der Waals surface area contributed by atoms with Crippen LogP contribution in [-0.2, 0) is 6.54 Å². The number of nitrogens with one attached hydrogen (secondary N) is 2. The molecular weight excluding hydrogens is 413 g/mol. The first-order valence-electron chi connectivity index (χ1n) is 8.11. The summed E-state index contributed by atoms with van der Waals surface area (Å²) < 4.78 is 0. The summed E-state index contributed by atoms with van der Waals surface area (Å²) in [6.45, 7) is 6.07. The van der Waals surface area contributed by atoms with Crippen LogP contribution in [0.5, 0.6) is 0 Å². The van der Waals surface area contributed by atoms with Gasteiger partial charge in [-0.1, -0.05) is 44.2 Å². The summed E-state index contributed by atoms with van der Waals surface area (Å²) in [5, 5.41) is 3.39. The molecule has 1 aromatic carbocycles. The van der Waals surface area contributed by atoms with E-state index in [-0.39, 0.29) is 24.0 Å². The van der Waals surface area contributed by atoms with Crippen LogP contribution in [0.15, 0.2) is 41.5 Å². The predicted octanol–water partition coefficient (Wildman–Crippen LogP) is 3.75. The Morgan fingerprint density at radius 1 is 1.29 bits per heavy atom. The van der Waals surface area contributed by atoms with Gasteiger partial charge in [-0.15, -0.1) is 24.0 Å². The van der Waals surface area contributed by atoms with E-state index in [9.17, 15) is 0 Å². The standard InChI is InChI=1S/C18H27N5.HI/c1-14(2)10-11-20-18(19-3)23(4)13-17-21-12-16(22-17)15-8-6-5-7-9-15;/h5-9,12,14H,10-11,13H2,1-4H3,(H,19,20)(H,21,22);1H. The molecule has 0 radical (unpaired) electrons. The van der Waals surface area contributed by atoms with Crippen LogP contribution < -0.4 is 5.32 Å². The largest absolute Gasteiger partial charge is 0.356 e. The lowest BCUT2D eigenvalue weighted by Crippen LogP contribution is -2.39. The smallest absolute Gasteiger partial charge is 0.193 e. The van der Waals surface area contributed by atoms with Crippen LogP contribution in [0, 0.1) is 5.92 Å². The summed E-state index contributed by atoms with van der Waals surface area (Å²) in [4.78, 5) is 14.3. The summed E-state index contributed by atoms with van der Waals surface area (Å²) >= 11 is 0. The van der Waals surface area contributed by atoms with Gasteiger partial charge in [0.15, 0.2) is 5.96 Å². The van der Waals surface area contributed by atoms with Crippen LogP contribution >= 0.6 is 24.0 Å². The van der Waals surface area contributed by atoms with Gasteiger partial charge in [0.05, 0.1) is 18.4 Å². The summed E-state index contributed by atoms with van der Waals surface area (Å²) in [5.41, 5.74) is 2.19. The van der Waals surface area contributed by atoms with Crippen molar-refractivity contribution in [2.45, 2.75) is 26.8 Å². The number of nitrogens with zero attached hydrogens (tertiary/aromatic N) is 3. The second-order valence-electron chi connectivity index (χ2n) is 6.12. The lowest BCUT2D eigenvalue weighted by atomic mass is 10.1. The Kier molecular flexibility index (Phi) is 8.81. The van der Waals surface area contributed by atoms with Crippen LogP contribution in [0.1, 0.15) is 26.1 Å². The molecule has 0 fully saturated rings. The molecule has 2 aromatic rings. The third-order valence-electron chi connectivity index (χ3n) is 3.68.